The number of ether oxygens (including phenoxy) is 2. The van der Waals surface area contributed by atoms with Gasteiger partial charge >= 0.3 is 0 Å². The summed E-state index contributed by atoms with van der Waals surface area (Å²) in [5, 5.41) is 9.75. The third-order valence-corrected chi connectivity index (χ3v) is 12.7. The number of aryl methyl sites for hydroxylation is 1. The van der Waals surface area contributed by atoms with Gasteiger partial charge in [-0.2, -0.15) is 0 Å². The number of carbonyl (C=O) groups excluding carboxylic acids is 2. The first kappa shape index (κ1) is 32.4. The molecule has 3 aliphatic rings. The van der Waals surface area contributed by atoms with Gasteiger partial charge in [0.15, 0.2) is 0 Å². The highest BCUT2D eigenvalue weighted by molar-refractivity contribution is 7.91. The monoisotopic (exact) mass is 667 g/mol. The Balaban J connectivity index is 1.23. The van der Waals surface area contributed by atoms with Crippen LogP contribution in [0.1, 0.15) is 70.6 Å². The lowest BCUT2D eigenvalue weighted by Crippen LogP contribution is -2.56. The Labute approximate surface area is 273 Å². The van der Waals surface area contributed by atoms with Crippen molar-refractivity contribution in [1.82, 2.24) is 25.3 Å². The van der Waals surface area contributed by atoms with Crippen LogP contribution < -0.4 is 24.8 Å². The van der Waals surface area contributed by atoms with E-state index in [-0.39, 0.29) is 18.3 Å². The third-order valence-electron chi connectivity index (χ3n) is 9.61. The van der Waals surface area contributed by atoms with E-state index in [2.05, 4.69) is 35.8 Å². The van der Waals surface area contributed by atoms with Crippen LogP contribution in [0.3, 0.4) is 0 Å². The van der Waals surface area contributed by atoms with Crippen LogP contribution >= 0.6 is 11.3 Å². The van der Waals surface area contributed by atoms with Gasteiger partial charge in [0.05, 0.1) is 29.1 Å². The van der Waals surface area contributed by atoms with Gasteiger partial charge in [-0.15, -0.1) is 17.9 Å². The Hall–Kier alpha value is -3.55. The number of benzene rings is 1. The minimum atomic E-state index is -3.86. The van der Waals surface area contributed by atoms with Gasteiger partial charge < -0.3 is 20.1 Å². The third kappa shape index (κ3) is 5.66. The molecule has 0 spiro atoms. The number of hydrogen-bond donors (Lipinski definition) is 3. The lowest BCUT2D eigenvalue weighted by molar-refractivity contribution is -0.130. The Morgan fingerprint density at radius 3 is 2.52 bits per heavy atom. The van der Waals surface area contributed by atoms with E-state index in [1.807, 2.05) is 37.4 Å². The highest BCUT2D eigenvalue weighted by Crippen LogP contribution is 2.47. The maximum absolute atomic E-state index is 13.6. The van der Waals surface area contributed by atoms with E-state index in [0.717, 1.165) is 27.2 Å². The van der Waals surface area contributed by atoms with Gasteiger partial charge in [-0.1, -0.05) is 19.9 Å². The zero-order valence-corrected chi connectivity index (χ0v) is 28.7. The number of hydrogen-bond acceptors (Lipinski definition) is 10. The van der Waals surface area contributed by atoms with E-state index in [1.54, 1.807) is 20.1 Å². The minimum Gasteiger partial charge on any atom is -0.496 e. The first-order valence-electron chi connectivity index (χ1n) is 15.5. The largest absolute Gasteiger partial charge is 0.496 e. The topological polar surface area (TPSA) is 149 Å². The Bertz CT molecular complexity index is 1850. The van der Waals surface area contributed by atoms with Crippen LogP contribution in [0.25, 0.3) is 21.6 Å². The van der Waals surface area contributed by atoms with Gasteiger partial charge in [-0.05, 0) is 58.1 Å². The number of fused-ring (bicyclic) bond motifs is 1. The molecule has 1 aliphatic heterocycles. The van der Waals surface area contributed by atoms with Crippen molar-refractivity contribution in [3.05, 3.63) is 47.5 Å². The van der Waals surface area contributed by atoms with Gasteiger partial charge in [0.2, 0.25) is 15.9 Å². The molecule has 3 heterocycles. The zero-order chi connectivity index (χ0) is 33.2. The fourth-order valence-electron chi connectivity index (χ4n) is 6.03. The van der Waals surface area contributed by atoms with E-state index in [9.17, 15) is 18.0 Å². The van der Waals surface area contributed by atoms with Gasteiger partial charge in [-0.25, -0.2) is 18.4 Å². The summed E-state index contributed by atoms with van der Waals surface area (Å²) in [7, 11) is -2.23. The molecule has 4 atom stereocenters. The van der Waals surface area contributed by atoms with Crippen molar-refractivity contribution < 1.29 is 27.5 Å². The number of amides is 2. The number of sulfonamides is 1. The number of nitrogens with one attached hydrogen (secondary N) is 3. The summed E-state index contributed by atoms with van der Waals surface area (Å²) in [6.45, 7) is 13.9. The first-order valence-corrected chi connectivity index (χ1v) is 17.9. The summed E-state index contributed by atoms with van der Waals surface area (Å²) in [5.41, 5.74) is 1.16. The molecule has 2 amide bonds. The fourth-order valence-corrected chi connectivity index (χ4v) is 8.28. The molecule has 13 heteroatoms. The summed E-state index contributed by atoms with van der Waals surface area (Å²) in [6.07, 6.45) is 3.17. The number of thiazole rings is 1. The molecule has 3 fully saturated rings. The van der Waals surface area contributed by atoms with Crippen LogP contribution in [0.5, 0.6) is 11.5 Å². The molecule has 3 N–H and O–H groups in total. The van der Waals surface area contributed by atoms with Crippen LogP contribution in [0.4, 0.5) is 0 Å². The van der Waals surface area contributed by atoms with Crippen LogP contribution in [-0.2, 0) is 19.6 Å². The summed E-state index contributed by atoms with van der Waals surface area (Å²) >= 11 is 1.53. The highest BCUT2D eigenvalue weighted by atomic mass is 32.2. The van der Waals surface area contributed by atoms with E-state index in [0.29, 0.717) is 43.0 Å². The number of nitrogens with zero attached hydrogens (tertiary/aromatic N) is 2. The van der Waals surface area contributed by atoms with Crippen molar-refractivity contribution in [2.75, 3.05) is 13.7 Å². The maximum Gasteiger partial charge on any atom is 0.259 e. The summed E-state index contributed by atoms with van der Waals surface area (Å²) in [4.78, 5) is 36.6. The molecule has 1 unspecified atom stereocenters. The molecule has 1 aromatic carbocycles. The average Bonchev–Trinajstić information content (AvgIpc) is 3.80. The molecule has 6 rings (SSSR count). The average molecular weight is 668 g/mol. The Morgan fingerprint density at radius 1 is 1.17 bits per heavy atom. The summed E-state index contributed by atoms with van der Waals surface area (Å²) in [5.74, 6) is 0.119. The number of carbonyl (C=O) groups is 2. The molecule has 0 radical (unpaired) electrons. The molecule has 1 saturated heterocycles. The Morgan fingerprint density at radius 2 is 1.91 bits per heavy atom. The molecule has 2 aliphatic carbocycles. The van der Waals surface area contributed by atoms with E-state index in [4.69, 9.17) is 19.4 Å². The van der Waals surface area contributed by atoms with Crippen LogP contribution in [0.2, 0.25) is 0 Å². The second-order valence-corrected chi connectivity index (χ2v) is 16.7. The van der Waals surface area contributed by atoms with Crippen molar-refractivity contribution in [1.29, 1.82) is 0 Å². The molecular weight excluding hydrogens is 627 g/mol. The van der Waals surface area contributed by atoms with Gasteiger partial charge in [0, 0.05) is 41.3 Å². The molecule has 46 heavy (non-hydrogen) atoms. The molecule has 2 saturated carbocycles. The number of aromatic nitrogens is 2. The van der Waals surface area contributed by atoms with Gasteiger partial charge in [0.1, 0.15) is 33.3 Å². The lowest BCUT2D eigenvalue weighted by Gasteiger charge is -2.27. The number of pyridine rings is 1. The molecule has 11 nitrogen and oxygen atoms in total. The Kier molecular flexibility index (Phi) is 7.96. The normalized spacial score (nSPS) is 26.5. The molecule has 2 aromatic heterocycles. The summed E-state index contributed by atoms with van der Waals surface area (Å²) in [6, 6.07) is 5.04. The van der Waals surface area contributed by atoms with Crippen molar-refractivity contribution in [2.24, 2.45) is 5.92 Å². The molecule has 246 valence electrons. The van der Waals surface area contributed by atoms with Gasteiger partial charge in [0.25, 0.3) is 5.91 Å². The second kappa shape index (κ2) is 11.3. The standard InChI is InChI=1S/C33H41N5O6S2/c1-8-20-14-33(20,30(40)38-46(41,42)32(6)11-12-32)37-28(39)23-15-31(5,17-34-23)44-26-13-22(29-36-24(16-45-29)18(2)3)35-27-19(4)25(43-7)10-9-21(26)27/h8-10,13,16,18,20,23,34H,1,11-12,14-15,17H2,2-7H3,(H,37,39)(H,38,40)/t20-,23+,31?,33-/m1/s1. The second-order valence-electron chi connectivity index (χ2n) is 13.6. The smallest absolute Gasteiger partial charge is 0.259 e. The predicted octanol–water partition coefficient (Wildman–Crippen LogP) is 4.36. The minimum absolute atomic E-state index is 0.281. The van der Waals surface area contributed by atoms with E-state index < -0.39 is 43.8 Å². The van der Waals surface area contributed by atoms with Crippen molar-refractivity contribution in [3.8, 4) is 22.2 Å². The number of rotatable bonds is 11. The van der Waals surface area contributed by atoms with Crippen LogP contribution in [-0.4, -0.2) is 65.8 Å². The van der Waals surface area contributed by atoms with Crippen molar-refractivity contribution in [3.63, 3.8) is 0 Å². The van der Waals surface area contributed by atoms with Crippen LogP contribution in [0.15, 0.2) is 36.2 Å². The quantitative estimate of drug-likeness (QED) is 0.254. The van der Waals surface area contributed by atoms with Crippen molar-refractivity contribution in [2.45, 2.75) is 88.1 Å². The van der Waals surface area contributed by atoms with E-state index >= 15 is 0 Å². The fraction of sp³-hybridized carbons (Fsp3) is 0.515. The number of methoxy groups -OCH3 is 1. The van der Waals surface area contributed by atoms with E-state index in [1.165, 1.54) is 11.3 Å². The predicted molar refractivity (Wildman–Crippen MR) is 178 cm³/mol. The maximum atomic E-state index is 13.6. The molecule has 3 aromatic rings. The van der Waals surface area contributed by atoms with Crippen LogP contribution in [0, 0.1) is 12.8 Å². The molecule has 0 bridgehead atoms. The first-order chi connectivity index (χ1) is 21.6. The summed E-state index contributed by atoms with van der Waals surface area (Å²) < 4.78 is 39.1. The SMILES string of the molecule is C=C[C@@H]1C[C@]1(NC(=O)[C@@H]1CC(C)(Oc2cc(-c3nc(C(C)C)cs3)nc3c(C)c(OC)ccc23)CN1)C(=O)NS(=O)(=O)C1(C)CC1. The lowest BCUT2D eigenvalue weighted by atomic mass is 10.0. The van der Waals surface area contributed by atoms with Crippen molar-refractivity contribution >= 4 is 44.1 Å². The molecular formula is C33H41N5O6S2. The highest BCUT2D eigenvalue weighted by Gasteiger charge is 2.62. The van der Waals surface area contributed by atoms with Gasteiger partial charge in [-0.3, -0.25) is 14.3 Å². The zero-order valence-electron chi connectivity index (χ0n) is 27.0.